The van der Waals surface area contributed by atoms with E-state index in [1.165, 1.54) is 19.3 Å². The summed E-state index contributed by atoms with van der Waals surface area (Å²) in [5, 5.41) is 11.8. The van der Waals surface area contributed by atoms with Crippen LogP contribution in [0.3, 0.4) is 0 Å². The number of fused-ring (bicyclic) bond motifs is 1. The molecule has 2 unspecified atom stereocenters. The van der Waals surface area contributed by atoms with Crippen LogP contribution in [-0.4, -0.2) is 40.6 Å². The second kappa shape index (κ2) is 6.26. The quantitative estimate of drug-likeness (QED) is 0.821. The minimum Gasteiger partial charge on any atom is -0.480 e. The third-order valence-electron chi connectivity index (χ3n) is 4.44. The zero-order valence-electron chi connectivity index (χ0n) is 11.6. The average Bonchev–Trinajstić information content (AvgIpc) is 2.81. The Morgan fingerprint density at radius 3 is 2.74 bits per heavy atom. The molecular formula is C14H24N2O3. The average molecular weight is 268 g/mol. The van der Waals surface area contributed by atoms with Crippen LogP contribution < -0.4 is 5.32 Å². The maximum Gasteiger partial charge on any atom is 0.326 e. The molecule has 2 rings (SSSR count). The molecule has 0 aromatic carbocycles. The summed E-state index contributed by atoms with van der Waals surface area (Å²) in [5.41, 5.74) is 0. The van der Waals surface area contributed by atoms with Gasteiger partial charge < -0.3 is 15.3 Å². The fourth-order valence-electron chi connectivity index (χ4n) is 3.44. The van der Waals surface area contributed by atoms with E-state index in [0.717, 1.165) is 25.8 Å². The van der Waals surface area contributed by atoms with Gasteiger partial charge in [-0.3, -0.25) is 0 Å². The van der Waals surface area contributed by atoms with E-state index in [2.05, 4.69) is 5.32 Å². The van der Waals surface area contributed by atoms with Gasteiger partial charge in [0, 0.05) is 12.6 Å². The van der Waals surface area contributed by atoms with Crippen molar-refractivity contribution in [1.29, 1.82) is 0 Å². The molecular weight excluding hydrogens is 244 g/mol. The van der Waals surface area contributed by atoms with Gasteiger partial charge in [-0.25, -0.2) is 9.59 Å². The Morgan fingerprint density at radius 1 is 1.32 bits per heavy atom. The molecule has 0 radical (unpaired) electrons. The van der Waals surface area contributed by atoms with Gasteiger partial charge in [0.2, 0.25) is 0 Å². The molecule has 2 N–H and O–H groups in total. The number of carboxylic acids is 1. The molecule has 5 nitrogen and oxygen atoms in total. The summed E-state index contributed by atoms with van der Waals surface area (Å²) in [7, 11) is 0. The SMILES string of the molecule is CCC[C@@H](NC(=O)N1CCC2CCCCC21)C(=O)O. The van der Waals surface area contributed by atoms with Crippen molar-refractivity contribution in [2.45, 2.75) is 64.0 Å². The highest BCUT2D eigenvalue weighted by Gasteiger charge is 2.38. The van der Waals surface area contributed by atoms with Gasteiger partial charge in [0.1, 0.15) is 6.04 Å². The van der Waals surface area contributed by atoms with Crippen LogP contribution in [0.1, 0.15) is 51.9 Å². The van der Waals surface area contributed by atoms with Gasteiger partial charge in [0.05, 0.1) is 0 Å². The van der Waals surface area contributed by atoms with Crippen LogP contribution in [0.15, 0.2) is 0 Å². The summed E-state index contributed by atoms with van der Waals surface area (Å²) < 4.78 is 0. The molecule has 0 bridgehead atoms. The Morgan fingerprint density at radius 2 is 2.05 bits per heavy atom. The number of nitrogens with one attached hydrogen (secondary N) is 1. The minimum atomic E-state index is -0.936. The topological polar surface area (TPSA) is 69.6 Å². The van der Waals surface area contributed by atoms with Crippen LogP contribution in [0.2, 0.25) is 0 Å². The first-order valence-corrected chi connectivity index (χ1v) is 7.43. The van der Waals surface area contributed by atoms with Crippen LogP contribution in [0, 0.1) is 5.92 Å². The number of rotatable bonds is 4. The largest absolute Gasteiger partial charge is 0.480 e. The highest BCUT2D eigenvalue weighted by molar-refractivity contribution is 5.82. The van der Waals surface area contributed by atoms with Crippen molar-refractivity contribution in [2.75, 3.05) is 6.54 Å². The zero-order chi connectivity index (χ0) is 13.8. The summed E-state index contributed by atoms with van der Waals surface area (Å²) in [6.45, 7) is 2.70. The van der Waals surface area contributed by atoms with E-state index < -0.39 is 12.0 Å². The van der Waals surface area contributed by atoms with Gasteiger partial charge in [0.15, 0.2) is 0 Å². The van der Waals surface area contributed by atoms with E-state index >= 15 is 0 Å². The number of urea groups is 1. The Balaban J connectivity index is 1.93. The van der Waals surface area contributed by atoms with E-state index in [4.69, 9.17) is 5.11 Å². The lowest BCUT2D eigenvalue weighted by atomic mass is 9.85. The number of aliphatic carboxylic acids is 1. The zero-order valence-corrected chi connectivity index (χ0v) is 11.6. The highest BCUT2D eigenvalue weighted by atomic mass is 16.4. The summed E-state index contributed by atoms with van der Waals surface area (Å²) in [6, 6.07) is -0.597. The van der Waals surface area contributed by atoms with Gasteiger partial charge in [-0.05, 0) is 31.6 Å². The summed E-state index contributed by atoms with van der Waals surface area (Å²) in [6.07, 6.45) is 7.05. The fraction of sp³-hybridized carbons (Fsp3) is 0.857. The van der Waals surface area contributed by atoms with Crippen molar-refractivity contribution < 1.29 is 14.7 Å². The predicted octanol–water partition coefficient (Wildman–Crippen LogP) is 2.21. The lowest BCUT2D eigenvalue weighted by Crippen LogP contribution is -2.50. The summed E-state index contributed by atoms with van der Waals surface area (Å²) >= 11 is 0. The van der Waals surface area contributed by atoms with Crippen molar-refractivity contribution in [3.8, 4) is 0 Å². The minimum absolute atomic E-state index is 0.185. The molecule has 0 aromatic heterocycles. The second-order valence-corrected chi connectivity index (χ2v) is 5.72. The van der Waals surface area contributed by atoms with Gasteiger partial charge in [-0.2, -0.15) is 0 Å². The number of carbonyl (C=O) groups is 2. The normalized spacial score (nSPS) is 27.7. The molecule has 108 valence electrons. The molecule has 2 fully saturated rings. The van der Waals surface area contributed by atoms with Crippen LogP contribution >= 0.6 is 0 Å². The number of likely N-dealkylation sites (tertiary alicyclic amines) is 1. The van der Waals surface area contributed by atoms with Crippen LogP contribution in [0.5, 0.6) is 0 Å². The third-order valence-corrected chi connectivity index (χ3v) is 4.44. The monoisotopic (exact) mass is 268 g/mol. The van der Waals surface area contributed by atoms with Gasteiger partial charge in [0.25, 0.3) is 0 Å². The van der Waals surface area contributed by atoms with Crippen LogP contribution in [0.4, 0.5) is 4.79 Å². The lowest BCUT2D eigenvalue weighted by Gasteiger charge is -2.32. The van der Waals surface area contributed by atoms with Crippen molar-refractivity contribution in [2.24, 2.45) is 5.92 Å². The number of hydrogen-bond acceptors (Lipinski definition) is 2. The molecule has 5 heteroatoms. The molecule has 1 aliphatic heterocycles. The summed E-state index contributed by atoms with van der Waals surface area (Å²) in [4.78, 5) is 25.2. The number of carbonyl (C=O) groups excluding carboxylic acids is 1. The van der Waals surface area contributed by atoms with Crippen molar-refractivity contribution >= 4 is 12.0 Å². The molecule has 2 amide bonds. The van der Waals surface area contributed by atoms with Gasteiger partial charge >= 0.3 is 12.0 Å². The van der Waals surface area contributed by atoms with Crippen molar-refractivity contribution in [3.05, 3.63) is 0 Å². The molecule has 1 heterocycles. The standard InChI is InChI=1S/C14H24N2O3/c1-2-5-11(13(17)18)15-14(19)16-9-8-10-6-3-4-7-12(10)16/h10-12H,2-9H2,1H3,(H,15,19)(H,17,18)/t10?,11-,12?/m1/s1. The Kier molecular flexibility index (Phi) is 4.66. The van der Waals surface area contributed by atoms with E-state index in [1.807, 2.05) is 11.8 Å². The third kappa shape index (κ3) is 3.19. The molecule has 1 aliphatic carbocycles. The van der Waals surface area contributed by atoms with Crippen LogP contribution in [0.25, 0.3) is 0 Å². The number of amides is 2. The highest BCUT2D eigenvalue weighted by Crippen LogP contribution is 2.36. The van der Waals surface area contributed by atoms with Gasteiger partial charge in [-0.15, -0.1) is 0 Å². The van der Waals surface area contributed by atoms with Crippen molar-refractivity contribution in [3.63, 3.8) is 0 Å². The number of carboxylic acid groups (broad SMARTS) is 1. The van der Waals surface area contributed by atoms with Gasteiger partial charge in [-0.1, -0.05) is 26.2 Å². The second-order valence-electron chi connectivity index (χ2n) is 5.72. The molecule has 1 saturated heterocycles. The molecule has 1 saturated carbocycles. The predicted molar refractivity (Wildman–Crippen MR) is 71.9 cm³/mol. The Bertz CT molecular complexity index is 346. The number of nitrogens with zero attached hydrogens (tertiary/aromatic N) is 1. The maximum atomic E-state index is 12.2. The first-order valence-electron chi connectivity index (χ1n) is 7.43. The Hall–Kier alpha value is -1.26. The molecule has 0 spiro atoms. The summed E-state index contributed by atoms with van der Waals surface area (Å²) in [5.74, 6) is -0.302. The van der Waals surface area contributed by atoms with E-state index in [0.29, 0.717) is 18.4 Å². The van der Waals surface area contributed by atoms with E-state index in [-0.39, 0.29) is 6.03 Å². The molecule has 3 atom stereocenters. The first-order chi connectivity index (χ1) is 9.13. The molecule has 2 aliphatic rings. The van der Waals surface area contributed by atoms with Crippen molar-refractivity contribution in [1.82, 2.24) is 10.2 Å². The number of hydrogen-bond donors (Lipinski definition) is 2. The molecule has 0 aromatic rings. The Labute approximate surface area is 114 Å². The van der Waals surface area contributed by atoms with Crippen LogP contribution in [-0.2, 0) is 4.79 Å². The lowest BCUT2D eigenvalue weighted by molar-refractivity contribution is -0.139. The maximum absolute atomic E-state index is 12.2. The first kappa shape index (κ1) is 14.2. The van der Waals surface area contributed by atoms with E-state index in [9.17, 15) is 9.59 Å². The molecule has 19 heavy (non-hydrogen) atoms. The fourth-order valence-corrected chi connectivity index (χ4v) is 3.44. The smallest absolute Gasteiger partial charge is 0.326 e. The van der Waals surface area contributed by atoms with E-state index in [1.54, 1.807) is 0 Å².